The number of aliphatic hydroxyl groups excluding tert-OH is 1. The van der Waals surface area contributed by atoms with Crippen LogP contribution in [0, 0.1) is 11.8 Å². The van der Waals surface area contributed by atoms with Crippen LogP contribution < -0.4 is 5.32 Å². The topological polar surface area (TPSA) is 105 Å². The highest BCUT2D eigenvalue weighted by Crippen LogP contribution is 2.25. The summed E-state index contributed by atoms with van der Waals surface area (Å²) in [5.74, 6) is -1.92. The van der Waals surface area contributed by atoms with Crippen molar-refractivity contribution >= 4 is 17.8 Å². The number of aliphatic hydroxyl groups is 1. The average molecular weight is 667 g/mol. The number of fused-ring (bicyclic) bond motifs is 1. The Morgan fingerprint density at radius 1 is 0.878 bits per heavy atom. The zero-order valence-electron chi connectivity index (χ0n) is 28.4. The molecule has 2 amide bonds. The molecule has 4 unspecified atom stereocenters. The van der Waals surface area contributed by atoms with E-state index in [1.54, 1.807) is 11.0 Å². The highest BCUT2D eigenvalue weighted by molar-refractivity contribution is 5.86. The lowest BCUT2D eigenvalue weighted by Gasteiger charge is -2.36. The minimum atomic E-state index is -0.696. The quantitative estimate of drug-likeness (QED) is 0.0875. The fraction of sp³-hybridized carbons (Fsp3) is 0.390. The number of nitrogens with zero attached hydrogens (tertiary/aromatic N) is 1. The molecule has 3 aromatic rings. The van der Waals surface area contributed by atoms with Gasteiger partial charge in [0.25, 0.3) is 0 Å². The molecular formula is C41H50N2O6. The molecule has 0 saturated carbocycles. The molecule has 0 radical (unpaired) electrons. The first kappa shape index (κ1) is 37.3. The van der Waals surface area contributed by atoms with Gasteiger partial charge in [-0.3, -0.25) is 14.4 Å². The molecule has 0 saturated heterocycles. The Labute approximate surface area is 290 Å². The summed E-state index contributed by atoms with van der Waals surface area (Å²) in [5, 5.41) is 13.1. The SMILES string of the molecule is C=CCCCC(Cc1ccccc1)C(=O)OCC(COCc1ccccc1)NC(=O)C(CC=C)CC(=O)N1Cc2ccccc2CC1CO. The number of hydrogen-bond acceptors (Lipinski definition) is 6. The number of benzene rings is 3. The molecule has 4 rings (SSSR count). The summed E-state index contributed by atoms with van der Waals surface area (Å²) in [4.78, 5) is 42.5. The van der Waals surface area contributed by atoms with E-state index in [1.165, 1.54) is 0 Å². The smallest absolute Gasteiger partial charge is 0.309 e. The van der Waals surface area contributed by atoms with E-state index in [0.29, 0.717) is 32.4 Å². The third-order valence-corrected chi connectivity index (χ3v) is 8.95. The number of esters is 1. The predicted molar refractivity (Wildman–Crippen MR) is 191 cm³/mol. The van der Waals surface area contributed by atoms with Crippen LogP contribution in [-0.4, -0.2) is 59.7 Å². The van der Waals surface area contributed by atoms with Gasteiger partial charge in [-0.2, -0.15) is 0 Å². The first-order valence-electron chi connectivity index (χ1n) is 17.2. The average Bonchev–Trinajstić information content (AvgIpc) is 3.13. The maximum atomic E-state index is 13.8. The second-order valence-electron chi connectivity index (χ2n) is 12.7. The summed E-state index contributed by atoms with van der Waals surface area (Å²) in [7, 11) is 0. The third-order valence-electron chi connectivity index (χ3n) is 8.95. The molecule has 2 N–H and O–H groups in total. The second kappa shape index (κ2) is 20.1. The molecule has 8 nitrogen and oxygen atoms in total. The number of rotatable bonds is 20. The molecule has 0 aromatic heterocycles. The van der Waals surface area contributed by atoms with Crippen LogP contribution in [0.25, 0.3) is 0 Å². The molecule has 0 spiro atoms. The van der Waals surface area contributed by atoms with Gasteiger partial charge < -0.3 is 24.8 Å². The van der Waals surface area contributed by atoms with Crippen molar-refractivity contribution in [3.8, 4) is 0 Å². The van der Waals surface area contributed by atoms with Gasteiger partial charge in [-0.25, -0.2) is 0 Å². The monoisotopic (exact) mass is 666 g/mol. The molecule has 260 valence electrons. The Balaban J connectivity index is 1.43. The Kier molecular flexibility index (Phi) is 15.3. The van der Waals surface area contributed by atoms with Gasteiger partial charge in [-0.05, 0) is 60.8 Å². The van der Waals surface area contributed by atoms with Crippen molar-refractivity contribution in [2.75, 3.05) is 19.8 Å². The van der Waals surface area contributed by atoms with E-state index in [1.807, 2.05) is 91.0 Å². The molecule has 49 heavy (non-hydrogen) atoms. The van der Waals surface area contributed by atoms with E-state index >= 15 is 0 Å². The van der Waals surface area contributed by atoms with Crippen LogP contribution in [0.15, 0.2) is 110 Å². The fourth-order valence-electron chi connectivity index (χ4n) is 6.21. The van der Waals surface area contributed by atoms with Gasteiger partial charge >= 0.3 is 5.97 Å². The maximum absolute atomic E-state index is 13.8. The number of unbranched alkanes of at least 4 members (excludes halogenated alkanes) is 1. The molecule has 3 aromatic carbocycles. The molecule has 0 bridgehead atoms. The lowest BCUT2D eigenvalue weighted by Crippen LogP contribution is -2.49. The predicted octanol–water partition coefficient (Wildman–Crippen LogP) is 5.97. The summed E-state index contributed by atoms with van der Waals surface area (Å²) in [6, 6.07) is 26.5. The lowest BCUT2D eigenvalue weighted by atomic mass is 9.92. The van der Waals surface area contributed by atoms with Crippen LogP contribution in [0.1, 0.15) is 54.4 Å². The minimum absolute atomic E-state index is 0.0453. The van der Waals surface area contributed by atoms with Gasteiger partial charge in [0.2, 0.25) is 11.8 Å². The fourth-order valence-corrected chi connectivity index (χ4v) is 6.21. The molecular weight excluding hydrogens is 616 g/mol. The van der Waals surface area contributed by atoms with Gasteiger partial charge in [0, 0.05) is 13.0 Å². The molecule has 0 aliphatic carbocycles. The first-order valence-corrected chi connectivity index (χ1v) is 17.2. The number of carbonyl (C=O) groups is 3. The molecule has 0 fully saturated rings. The largest absolute Gasteiger partial charge is 0.463 e. The van der Waals surface area contributed by atoms with E-state index in [0.717, 1.165) is 35.1 Å². The van der Waals surface area contributed by atoms with Crippen LogP contribution in [-0.2, 0) is 49.9 Å². The summed E-state index contributed by atoms with van der Waals surface area (Å²) < 4.78 is 11.9. The van der Waals surface area contributed by atoms with Crippen molar-refractivity contribution in [2.24, 2.45) is 11.8 Å². The number of carbonyl (C=O) groups excluding carboxylic acids is 3. The van der Waals surface area contributed by atoms with Crippen molar-refractivity contribution in [1.29, 1.82) is 0 Å². The first-order chi connectivity index (χ1) is 23.9. The standard InChI is InChI=1S/C41H50N2O6/c1-3-5-8-21-35(23-31-16-9-6-10-17-31)41(47)49-30-37(29-48-28-32-18-11-7-12-19-32)42-40(46)34(15-4-2)25-39(45)43-26-36-22-14-13-20-33(36)24-38(43)27-44/h3-4,6-7,9-14,16-20,22,34-35,37-38,44H,1-2,5,8,15,21,23-30H2,(H,42,46). The number of ether oxygens (including phenoxy) is 2. The Hall–Kier alpha value is -4.53. The molecule has 1 heterocycles. The maximum Gasteiger partial charge on any atom is 0.309 e. The van der Waals surface area contributed by atoms with Crippen LogP contribution in [0.4, 0.5) is 0 Å². The van der Waals surface area contributed by atoms with E-state index in [-0.39, 0.29) is 62.4 Å². The number of allylic oxidation sites excluding steroid dienone is 2. The van der Waals surface area contributed by atoms with E-state index in [4.69, 9.17) is 9.47 Å². The van der Waals surface area contributed by atoms with Crippen molar-refractivity contribution < 1.29 is 29.0 Å². The van der Waals surface area contributed by atoms with Crippen LogP contribution in [0.2, 0.25) is 0 Å². The highest BCUT2D eigenvalue weighted by atomic mass is 16.5. The zero-order valence-corrected chi connectivity index (χ0v) is 28.4. The van der Waals surface area contributed by atoms with Gasteiger partial charge in [0.1, 0.15) is 6.61 Å². The summed E-state index contributed by atoms with van der Waals surface area (Å²) >= 11 is 0. The van der Waals surface area contributed by atoms with Gasteiger partial charge in [0.15, 0.2) is 0 Å². The Bertz CT molecular complexity index is 1490. The van der Waals surface area contributed by atoms with Crippen LogP contribution in [0.3, 0.4) is 0 Å². The van der Waals surface area contributed by atoms with Gasteiger partial charge in [-0.1, -0.05) is 97.1 Å². The normalized spacial score (nSPS) is 15.7. The van der Waals surface area contributed by atoms with Gasteiger partial charge in [-0.15, -0.1) is 13.2 Å². The summed E-state index contributed by atoms with van der Waals surface area (Å²) in [6.07, 6.45) is 7.09. The molecule has 1 aliphatic heterocycles. The van der Waals surface area contributed by atoms with Gasteiger partial charge in [0.05, 0.1) is 43.7 Å². The third kappa shape index (κ3) is 11.8. The summed E-state index contributed by atoms with van der Waals surface area (Å²) in [5.41, 5.74) is 4.19. The van der Waals surface area contributed by atoms with Crippen LogP contribution in [0.5, 0.6) is 0 Å². The minimum Gasteiger partial charge on any atom is -0.463 e. The molecule has 1 aliphatic rings. The van der Waals surface area contributed by atoms with Crippen molar-refractivity contribution in [1.82, 2.24) is 10.2 Å². The van der Waals surface area contributed by atoms with Crippen molar-refractivity contribution in [2.45, 2.75) is 70.2 Å². The highest BCUT2D eigenvalue weighted by Gasteiger charge is 2.32. The zero-order chi connectivity index (χ0) is 34.8. The van der Waals surface area contributed by atoms with Crippen LogP contribution >= 0.6 is 0 Å². The lowest BCUT2D eigenvalue weighted by molar-refractivity contribution is -0.151. The summed E-state index contributed by atoms with van der Waals surface area (Å²) in [6.45, 7) is 8.21. The van der Waals surface area contributed by atoms with Crippen molar-refractivity contribution in [3.63, 3.8) is 0 Å². The molecule has 8 heteroatoms. The van der Waals surface area contributed by atoms with Crippen molar-refractivity contribution in [3.05, 3.63) is 132 Å². The van der Waals surface area contributed by atoms with E-state index in [9.17, 15) is 19.5 Å². The second-order valence-corrected chi connectivity index (χ2v) is 12.7. The van der Waals surface area contributed by atoms with E-state index < -0.39 is 12.0 Å². The van der Waals surface area contributed by atoms with E-state index in [2.05, 4.69) is 18.5 Å². The number of amides is 2. The molecule has 4 atom stereocenters. The number of hydrogen-bond donors (Lipinski definition) is 2. The Morgan fingerprint density at radius 3 is 2.22 bits per heavy atom. The number of nitrogens with one attached hydrogen (secondary N) is 1. The Morgan fingerprint density at radius 2 is 1.55 bits per heavy atom.